The van der Waals surface area contributed by atoms with Gasteiger partial charge in [0.1, 0.15) is 17.7 Å². The summed E-state index contributed by atoms with van der Waals surface area (Å²) >= 11 is 0. The Hall–Kier alpha value is -4.92. The highest BCUT2D eigenvalue weighted by molar-refractivity contribution is 5.86. The number of ether oxygens (including phenoxy) is 2. The first-order valence-electron chi connectivity index (χ1n) is 15.7. The van der Waals surface area contributed by atoms with Crippen molar-refractivity contribution in [3.05, 3.63) is 83.7 Å². The number of alkyl carbamates (subject to hydrolysis) is 1. The Morgan fingerprint density at radius 2 is 1.50 bits per heavy atom. The van der Waals surface area contributed by atoms with Crippen molar-refractivity contribution in [2.24, 2.45) is 0 Å². The fraction of sp³-hybridized carbons (Fsp3) is 0.371. The van der Waals surface area contributed by atoms with Gasteiger partial charge in [-0.15, -0.1) is 0 Å². The van der Waals surface area contributed by atoms with Gasteiger partial charge in [0.15, 0.2) is 0 Å². The van der Waals surface area contributed by atoms with Gasteiger partial charge in [-0.3, -0.25) is 4.79 Å². The highest BCUT2D eigenvalue weighted by Crippen LogP contribution is 2.32. The standard InChI is InChI=1S/C35H39N7O4/c1-22(45-2)31(41-35(44)46-3)34(43)42-19-5-7-30(42)33-38-21-29(40-33)26-16-12-24(13-17-26)9-8-23-10-14-25(15-11-23)28-20-37-32(39-28)27-6-4-18-36-27/h10-17,20-22,27,30-31,36H,4-7,18-19H2,1-3H3,(H,37,39)(H,38,40)(H,41,44)/t22-,27-,30-,31+/m0/s1. The van der Waals surface area contributed by atoms with E-state index in [1.807, 2.05) is 42.6 Å². The molecule has 2 aromatic heterocycles. The summed E-state index contributed by atoms with van der Waals surface area (Å²) < 4.78 is 10.1. The van der Waals surface area contributed by atoms with Crippen molar-refractivity contribution >= 4 is 12.0 Å². The molecule has 238 valence electrons. The summed E-state index contributed by atoms with van der Waals surface area (Å²) in [6, 6.07) is 15.4. The molecule has 0 saturated carbocycles. The van der Waals surface area contributed by atoms with Crippen LogP contribution in [0.25, 0.3) is 22.5 Å². The molecular weight excluding hydrogens is 582 g/mol. The summed E-state index contributed by atoms with van der Waals surface area (Å²) in [5.74, 6) is 7.98. The predicted octanol–water partition coefficient (Wildman–Crippen LogP) is 4.71. The van der Waals surface area contributed by atoms with Gasteiger partial charge in [-0.25, -0.2) is 14.8 Å². The molecule has 11 nitrogen and oxygen atoms in total. The maximum absolute atomic E-state index is 13.5. The van der Waals surface area contributed by atoms with E-state index in [-0.39, 0.29) is 11.9 Å². The van der Waals surface area contributed by atoms with Crippen molar-refractivity contribution in [3.63, 3.8) is 0 Å². The summed E-state index contributed by atoms with van der Waals surface area (Å²) in [6.07, 6.45) is 6.36. The fourth-order valence-electron chi connectivity index (χ4n) is 6.04. The van der Waals surface area contributed by atoms with Gasteiger partial charge in [-0.05, 0) is 74.5 Å². The van der Waals surface area contributed by atoms with E-state index in [1.54, 1.807) is 18.0 Å². The van der Waals surface area contributed by atoms with Crippen LogP contribution in [-0.4, -0.2) is 76.3 Å². The number of likely N-dealkylation sites (tertiary alicyclic amines) is 1. The number of nitrogens with zero attached hydrogens (tertiary/aromatic N) is 3. The fourth-order valence-corrected chi connectivity index (χ4v) is 6.04. The molecule has 0 bridgehead atoms. The maximum Gasteiger partial charge on any atom is 0.407 e. The van der Waals surface area contributed by atoms with Gasteiger partial charge in [0.25, 0.3) is 0 Å². The molecule has 2 aromatic carbocycles. The average molecular weight is 622 g/mol. The number of hydrogen-bond acceptors (Lipinski definition) is 7. The number of amides is 2. The third-order valence-corrected chi connectivity index (χ3v) is 8.74. The number of nitrogens with one attached hydrogen (secondary N) is 4. The zero-order valence-electron chi connectivity index (χ0n) is 26.3. The minimum absolute atomic E-state index is 0.231. The highest BCUT2D eigenvalue weighted by Gasteiger charge is 2.38. The van der Waals surface area contributed by atoms with E-state index in [1.165, 1.54) is 20.6 Å². The normalized spacial score (nSPS) is 18.9. The first-order chi connectivity index (χ1) is 22.4. The van der Waals surface area contributed by atoms with Gasteiger partial charge in [0, 0.05) is 24.8 Å². The van der Waals surface area contributed by atoms with E-state index in [4.69, 9.17) is 9.47 Å². The number of H-pyrrole nitrogens is 2. The van der Waals surface area contributed by atoms with Crippen LogP contribution < -0.4 is 10.6 Å². The van der Waals surface area contributed by atoms with Gasteiger partial charge in [-0.1, -0.05) is 36.1 Å². The smallest absolute Gasteiger partial charge is 0.407 e. The molecule has 4 aromatic rings. The number of methoxy groups -OCH3 is 2. The quantitative estimate of drug-likeness (QED) is 0.209. The van der Waals surface area contributed by atoms with Crippen LogP contribution in [-0.2, 0) is 14.3 Å². The van der Waals surface area contributed by atoms with Crippen LogP contribution in [0, 0.1) is 11.8 Å². The van der Waals surface area contributed by atoms with Crippen LogP contribution in [0.2, 0.25) is 0 Å². The molecule has 2 fully saturated rings. The summed E-state index contributed by atoms with van der Waals surface area (Å²) in [5.41, 5.74) is 5.74. The molecule has 46 heavy (non-hydrogen) atoms. The largest absolute Gasteiger partial charge is 0.453 e. The predicted molar refractivity (Wildman–Crippen MR) is 173 cm³/mol. The number of aromatic amines is 2. The Morgan fingerprint density at radius 3 is 2.07 bits per heavy atom. The molecule has 0 radical (unpaired) electrons. The first kappa shape index (κ1) is 31.1. The third-order valence-electron chi connectivity index (χ3n) is 8.74. The van der Waals surface area contributed by atoms with E-state index in [0.29, 0.717) is 18.4 Å². The van der Waals surface area contributed by atoms with Crippen LogP contribution in [0.3, 0.4) is 0 Å². The molecule has 2 saturated heterocycles. The van der Waals surface area contributed by atoms with Crippen LogP contribution >= 0.6 is 0 Å². The van der Waals surface area contributed by atoms with Crippen molar-refractivity contribution in [1.29, 1.82) is 0 Å². The van der Waals surface area contributed by atoms with Gasteiger partial charge in [0.2, 0.25) is 5.91 Å². The second kappa shape index (κ2) is 14.0. The van der Waals surface area contributed by atoms with Crippen molar-refractivity contribution in [1.82, 2.24) is 35.5 Å². The number of aromatic nitrogens is 4. The van der Waals surface area contributed by atoms with Gasteiger partial charge >= 0.3 is 6.09 Å². The Morgan fingerprint density at radius 1 is 0.891 bits per heavy atom. The Balaban J connectivity index is 1.10. The highest BCUT2D eigenvalue weighted by atomic mass is 16.5. The lowest BCUT2D eigenvalue weighted by atomic mass is 10.1. The SMILES string of the molecule is COC(=O)N[C@@H](C(=O)N1CCC[C@H]1c1ncc(-c2ccc(C#Cc3ccc(-c4cnc([C@@H]5CCCN5)[nH]4)cc3)cc2)[nH]1)[C@H](C)OC. The second-order valence-electron chi connectivity index (χ2n) is 11.7. The van der Waals surface area contributed by atoms with Crippen LogP contribution in [0.15, 0.2) is 60.9 Å². The molecule has 4 atom stereocenters. The number of carbonyl (C=O) groups excluding carboxylic acids is 2. The summed E-state index contributed by atoms with van der Waals surface area (Å²) in [4.78, 5) is 43.2. The Bertz CT molecular complexity index is 1710. The van der Waals surface area contributed by atoms with E-state index in [2.05, 4.69) is 54.5 Å². The van der Waals surface area contributed by atoms with E-state index in [9.17, 15) is 9.59 Å². The molecule has 11 heteroatoms. The van der Waals surface area contributed by atoms with E-state index < -0.39 is 18.2 Å². The molecule has 0 unspecified atom stereocenters. The van der Waals surface area contributed by atoms with Crippen molar-refractivity contribution < 1.29 is 19.1 Å². The molecule has 4 N–H and O–H groups in total. The summed E-state index contributed by atoms with van der Waals surface area (Å²) in [7, 11) is 2.77. The Labute approximate surface area is 268 Å². The monoisotopic (exact) mass is 621 g/mol. The van der Waals surface area contributed by atoms with Crippen LogP contribution in [0.1, 0.15) is 67.5 Å². The Kier molecular flexibility index (Phi) is 9.47. The molecule has 0 aliphatic carbocycles. The average Bonchev–Trinajstić information content (AvgIpc) is 3.92. The number of hydrogen-bond donors (Lipinski definition) is 4. The number of rotatable bonds is 8. The molecule has 2 amide bonds. The molecular formula is C35H39N7O4. The number of carbonyl (C=O) groups is 2. The molecule has 6 rings (SSSR count). The topological polar surface area (TPSA) is 137 Å². The lowest BCUT2D eigenvalue weighted by molar-refractivity contribution is -0.137. The lowest BCUT2D eigenvalue weighted by Crippen LogP contribution is -2.54. The van der Waals surface area contributed by atoms with Gasteiger partial charge in [0.05, 0.1) is 49.1 Å². The van der Waals surface area contributed by atoms with Crippen LogP contribution in [0.4, 0.5) is 4.79 Å². The van der Waals surface area contributed by atoms with E-state index in [0.717, 1.165) is 65.3 Å². The summed E-state index contributed by atoms with van der Waals surface area (Å²) in [5, 5.41) is 6.09. The maximum atomic E-state index is 13.5. The van der Waals surface area contributed by atoms with Gasteiger partial charge in [-0.2, -0.15) is 0 Å². The summed E-state index contributed by atoms with van der Waals surface area (Å²) in [6.45, 7) is 3.34. The second-order valence-corrected chi connectivity index (χ2v) is 11.7. The zero-order chi connectivity index (χ0) is 32.0. The lowest BCUT2D eigenvalue weighted by Gasteiger charge is -2.30. The van der Waals surface area contributed by atoms with Crippen molar-refractivity contribution in [3.8, 4) is 34.4 Å². The number of imidazole rings is 2. The first-order valence-corrected chi connectivity index (χ1v) is 15.7. The molecule has 0 spiro atoms. The van der Waals surface area contributed by atoms with Crippen LogP contribution in [0.5, 0.6) is 0 Å². The van der Waals surface area contributed by atoms with Gasteiger partial charge < -0.3 is 35.0 Å². The minimum atomic E-state index is -0.873. The molecule has 2 aliphatic rings. The number of benzene rings is 2. The third kappa shape index (κ3) is 6.83. The minimum Gasteiger partial charge on any atom is -0.453 e. The van der Waals surface area contributed by atoms with Crippen molar-refractivity contribution in [2.75, 3.05) is 27.3 Å². The van der Waals surface area contributed by atoms with Crippen molar-refractivity contribution in [2.45, 2.75) is 56.8 Å². The molecule has 4 heterocycles. The van der Waals surface area contributed by atoms with E-state index >= 15 is 0 Å². The molecule has 2 aliphatic heterocycles. The zero-order valence-corrected chi connectivity index (χ0v) is 26.3.